The van der Waals surface area contributed by atoms with Gasteiger partial charge in [-0.25, -0.2) is 0 Å². The topological polar surface area (TPSA) is 49.2 Å². The zero-order chi connectivity index (χ0) is 14.1. The first-order chi connectivity index (χ1) is 9.63. The van der Waals surface area contributed by atoms with Gasteiger partial charge in [-0.2, -0.15) is 5.16 Å². The molecule has 1 aliphatic rings. The Hall–Kier alpha value is -1.52. The number of hydrogen-bond acceptors (Lipinski definition) is 3. The Balaban J connectivity index is 1.83. The summed E-state index contributed by atoms with van der Waals surface area (Å²) in [7, 11) is 2.13. The van der Waals surface area contributed by atoms with Crippen LogP contribution in [0.5, 0.6) is 0 Å². The van der Waals surface area contributed by atoms with E-state index in [1.165, 1.54) is 5.56 Å². The van der Waals surface area contributed by atoms with Crippen molar-refractivity contribution in [1.29, 1.82) is 0 Å². The molecule has 1 aromatic heterocycles. The van der Waals surface area contributed by atoms with E-state index in [0.717, 1.165) is 30.2 Å². The predicted octanol–water partition coefficient (Wildman–Crippen LogP) is 3.17. The minimum atomic E-state index is -0.165. The second-order valence-corrected chi connectivity index (χ2v) is 5.82. The summed E-state index contributed by atoms with van der Waals surface area (Å²) in [6, 6.07) is 9.87. The summed E-state index contributed by atoms with van der Waals surface area (Å²) < 4.78 is 5.27. The number of benzene rings is 1. The normalized spacial score (nSPS) is 23.9. The second kappa shape index (κ2) is 5.46. The molecule has 4 nitrogen and oxygen atoms in total. The zero-order valence-electron chi connectivity index (χ0n) is 11.3. The molecule has 106 valence electrons. The van der Waals surface area contributed by atoms with Crippen LogP contribution in [0.4, 0.5) is 0 Å². The molecule has 5 heteroatoms. The molecule has 2 heterocycles. The van der Waals surface area contributed by atoms with Crippen LogP contribution >= 0.6 is 11.6 Å². The minimum Gasteiger partial charge on any atom is -0.383 e. The monoisotopic (exact) mass is 292 g/mol. The minimum absolute atomic E-state index is 0.165. The van der Waals surface area contributed by atoms with Gasteiger partial charge in [0.2, 0.25) is 0 Å². The van der Waals surface area contributed by atoms with E-state index in [0.29, 0.717) is 6.04 Å². The highest BCUT2D eigenvalue weighted by molar-refractivity contribution is 6.30. The van der Waals surface area contributed by atoms with Crippen molar-refractivity contribution in [3.63, 3.8) is 0 Å². The van der Waals surface area contributed by atoms with Crippen LogP contribution in [0.25, 0.3) is 0 Å². The number of aromatic nitrogens is 1. The lowest BCUT2D eigenvalue weighted by atomic mass is 9.86. The molecular weight excluding hydrogens is 276 g/mol. The molecule has 0 spiro atoms. The summed E-state index contributed by atoms with van der Waals surface area (Å²) in [6.07, 6.45) is 1.94. The zero-order valence-corrected chi connectivity index (χ0v) is 12.1. The second-order valence-electron chi connectivity index (χ2n) is 5.38. The smallest absolute Gasteiger partial charge is 0.280 e. The molecule has 2 aromatic rings. The molecule has 1 aromatic carbocycles. The number of hydrogen-bond donors (Lipinski definition) is 1. The Morgan fingerprint density at radius 1 is 1.35 bits per heavy atom. The standard InChI is InChI=1S/C15H17ClN2O2/c1-18-7-6-11(14-9-15(19)17-20-14)8-13(18)10-2-4-12(16)5-3-10/h2-5,9,11,13H,6-8H2,1H3,(H,17,19)/t11-,13+/m1/s1. The molecule has 2 atom stereocenters. The fourth-order valence-electron chi connectivity index (χ4n) is 2.92. The lowest BCUT2D eigenvalue weighted by Crippen LogP contribution is -2.33. The molecule has 0 amide bonds. The third-order valence-electron chi connectivity index (χ3n) is 4.07. The van der Waals surface area contributed by atoms with Crippen molar-refractivity contribution in [1.82, 2.24) is 10.1 Å². The number of nitrogens with one attached hydrogen (secondary N) is 1. The first kappa shape index (κ1) is 13.5. The van der Waals surface area contributed by atoms with Crippen LogP contribution in [0, 0.1) is 0 Å². The van der Waals surface area contributed by atoms with Gasteiger partial charge in [0, 0.05) is 23.0 Å². The fraction of sp³-hybridized carbons (Fsp3) is 0.400. The van der Waals surface area contributed by atoms with E-state index < -0.39 is 0 Å². The van der Waals surface area contributed by atoms with E-state index >= 15 is 0 Å². The lowest BCUT2D eigenvalue weighted by Gasteiger charge is -2.36. The molecule has 20 heavy (non-hydrogen) atoms. The highest BCUT2D eigenvalue weighted by Crippen LogP contribution is 2.38. The van der Waals surface area contributed by atoms with Gasteiger partial charge in [0.05, 0.1) is 0 Å². The van der Waals surface area contributed by atoms with Crippen LogP contribution in [0.3, 0.4) is 0 Å². The van der Waals surface area contributed by atoms with Crippen molar-refractivity contribution >= 4 is 11.6 Å². The predicted molar refractivity (Wildman–Crippen MR) is 78.1 cm³/mol. The van der Waals surface area contributed by atoms with Crippen molar-refractivity contribution in [3.8, 4) is 0 Å². The molecule has 0 saturated carbocycles. The number of H-pyrrole nitrogens is 1. The number of likely N-dealkylation sites (tertiary alicyclic amines) is 1. The summed E-state index contributed by atoms with van der Waals surface area (Å²) >= 11 is 5.95. The van der Waals surface area contributed by atoms with Gasteiger partial charge < -0.3 is 4.52 Å². The molecular formula is C15H17ClN2O2. The Morgan fingerprint density at radius 2 is 2.10 bits per heavy atom. The summed E-state index contributed by atoms with van der Waals surface area (Å²) in [5, 5.41) is 3.13. The largest absolute Gasteiger partial charge is 0.383 e. The Bertz CT molecular complexity index is 632. The first-order valence-corrected chi connectivity index (χ1v) is 7.15. The summed E-state index contributed by atoms with van der Waals surface area (Å²) in [5.41, 5.74) is 1.08. The molecule has 1 saturated heterocycles. The van der Waals surface area contributed by atoms with E-state index in [9.17, 15) is 4.79 Å². The van der Waals surface area contributed by atoms with Crippen molar-refractivity contribution in [2.45, 2.75) is 24.8 Å². The van der Waals surface area contributed by atoms with Gasteiger partial charge in [-0.3, -0.25) is 9.69 Å². The highest BCUT2D eigenvalue weighted by atomic mass is 35.5. The van der Waals surface area contributed by atoms with E-state index in [1.54, 1.807) is 6.07 Å². The SMILES string of the molecule is CN1CC[C@@H](c2cc(=O)[nH]o2)C[C@H]1c1ccc(Cl)cc1. The number of nitrogens with zero attached hydrogens (tertiary/aromatic N) is 1. The van der Waals surface area contributed by atoms with Gasteiger partial charge in [-0.15, -0.1) is 0 Å². The van der Waals surface area contributed by atoms with Crippen molar-refractivity contribution in [2.75, 3.05) is 13.6 Å². The quantitative estimate of drug-likeness (QED) is 0.925. The van der Waals surface area contributed by atoms with Crippen LogP contribution in [-0.4, -0.2) is 23.6 Å². The van der Waals surface area contributed by atoms with Crippen molar-refractivity contribution in [2.24, 2.45) is 0 Å². The molecule has 3 rings (SSSR count). The van der Waals surface area contributed by atoms with Gasteiger partial charge >= 0.3 is 0 Å². The Kier molecular flexibility index (Phi) is 3.68. The maximum atomic E-state index is 11.2. The molecule has 0 bridgehead atoms. The van der Waals surface area contributed by atoms with Crippen LogP contribution in [-0.2, 0) is 0 Å². The van der Waals surface area contributed by atoms with Crippen LogP contribution in [0.1, 0.15) is 36.1 Å². The molecule has 0 unspecified atom stereocenters. The Morgan fingerprint density at radius 3 is 2.75 bits per heavy atom. The third kappa shape index (κ3) is 2.67. The van der Waals surface area contributed by atoms with E-state index in [1.807, 2.05) is 12.1 Å². The Labute approximate surface area is 122 Å². The van der Waals surface area contributed by atoms with Crippen LogP contribution < -0.4 is 5.56 Å². The van der Waals surface area contributed by atoms with Crippen LogP contribution in [0.2, 0.25) is 5.02 Å². The summed E-state index contributed by atoms with van der Waals surface area (Å²) in [4.78, 5) is 13.5. The average molecular weight is 293 g/mol. The first-order valence-electron chi connectivity index (χ1n) is 6.77. The maximum absolute atomic E-state index is 11.2. The highest BCUT2D eigenvalue weighted by Gasteiger charge is 2.30. The van der Waals surface area contributed by atoms with Gasteiger partial charge in [0.15, 0.2) is 0 Å². The summed E-state index contributed by atoms with van der Waals surface area (Å²) in [5.74, 6) is 1.05. The number of piperidine rings is 1. The molecule has 1 N–H and O–H groups in total. The van der Waals surface area contributed by atoms with Gasteiger partial charge in [0.25, 0.3) is 5.56 Å². The maximum Gasteiger partial charge on any atom is 0.280 e. The molecule has 0 radical (unpaired) electrons. The summed E-state index contributed by atoms with van der Waals surface area (Å²) in [6.45, 7) is 0.979. The van der Waals surface area contributed by atoms with Crippen molar-refractivity contribution < 1.29 is 4.52 Å². The number of aromatic amines is 1. The van der Waals surface area contributed by atoms with Gasteiger partial charge in [-0.1, -0.05) is 23.7 Å². The van der Waals surface area contributed by atoms with Gasteiger partial charge in [0.1, 0.15) is 5.76 Å². The average Bonchev–Trinajstić information content (AvgIpc) is 2.87. The van der Waals surface area contributed by atoms with Crippen LogP contribution in [0.15, 0.2) is 39.6 Å². The number of halogens is 1. The molecule has 0 aliphatic carbocycles. The fourth-order valence-corrected chi connectivity index (χ4v) is 3.04. The van der Waals surface area contributed by atoms with E-state index in [2.05, 4.69) is 29.2 Å². The van der Waals surface area contributed by atoms with E-state index in [-0.39, 0.29) is 11.5 Å². The van der Waals surface area contributed by atoms with E-state index in [4.69, 9.17) is 16.1 Å². The third-order valence-corrected chi connectivity index (χ3v) is 4.32. The van der Waals surface area contributed by atoms with Crippen molar-refractivity contribution in [3.05, 3.63) is 57.0 Å². The lowest BCUT2D eigenvalue weighted by molar-refractivity contribution is 0.157. The molecule has 1 fully saturated rings. The number of rotatable bonds is 2. The van der Waals surface area contributed by atoms with Gasteiger partial charge in [-0.05, 0) is 44.1 Å². The molecule has 1 aliphatic heterocycles.